The van der Waals surface area contributed by atoms with Gasteiger partial charge in [-0.15, -0.1) is 0 Å². The smallest absolute Gasteiger partial charge is 0.368 e. The Bertz CT molecular complexity index is 1130. The Morgan fingerprint density at radius 3 is 2.63 bits per heavy atom. The molecule has 0 spiro atoms. The van der Waals surface area contributed by atoms with Gasteiger partial charge in [0.1, 0.15) is 6.61 Å². The molecule has 7 nitrogen and oxygen atoms in total. The molecule has 8 heteroatoms. The fourth-order valence-electron chi connectivity index (χ4n) is 2.73. The number of rotatable bonds is 5. The Morgan fingerprint density at radius 2 is 1.89 bits per heavy atom. The number of ether oxygens (including phenoxy) is 1. The first-order chi connectivity index (χ1) is 13.1. The van der Waals surface area contributed by atoms with Crippen LogP contribution in [0, 0.1) is 6.92 Å². The minimum absolute atomic E-state index is 0.284. The molecule has 0 aliphatic heterocycles. The van der Waals surface area contributed by atoms with Gasteiger partial charge >= 0.3 is 5.69 Å². The molecule has 0 N–H and O–H groups in total. The number of aromatic nitrogens is 5. The van der Waals surface area contributed by atoms with Crippen molar-refractivity contribution in [3.8, 4) is 21.3 Å². The largest absolute Gasteiger partial charge is 0.465 e. The Labute approximate surface area is 159 Å². The lowest BCUT2D eigenvalue weighted by Gasteiger charge is -2.11. The SMILES string of the molecule is Cc1cccc(-n2nnn(C)c2=O)c1COc1ncc(-c2ccccc2)s1. The van der Waals surface area contributed by atoms with Crippen molar-refractivity contribution in [3.05, 3.63) is 76.3 Å². The highest BCUT2D eigenvalue weighted by molar-refractivity contribution is 7.16. The first kappa shape index (κ1) is 17.2. The molecule has 0 fully saturated rings. The van der Waals surface area contributed by atoms with Crippen LogP contribution in [0.3, 0.4) is 0 Å². The quantitative estimate of drug-likeness (QED) is 0.533. The number of thiazole rings is 1. The number of aryl methyl sites for hydroxylation is 2. The Balaban J connectivity index is 1.60. The predicted octanol–water partition coefficient (Wildman–Crippen LogP) is 2.98. The van der Waals surface area contributed by atoms with E-state index in [9.17, 15) is 4.79 Å². The van der Waals surface area contributed by atoms with Crippen LogP contribution in [-0.2, 0) is 13.7 Å². The molecule has 0 unspecified atom stereocenters. The summed E-state index contributed by atoms with van der Waals surface area (Å²) in [5, 5.41) is 8.30. The number of hydrogen-bond acceptors (Lipinski definition) is 6. The zero-order valence-corrected chi connectivity index (χ0v) is 15.7. The average Bonchev–Trinajstić information content (AvgIpc) is 3.29. The van der Waals surface area contributed by atoms with Gasteiger partial charge in [-0.2, -0.15) is 9.36 Å². The zero-order valence-electron chi connectivity index (χ0n) is 14.9. The second kappa shape index (κ2) is 7.16. The molecular formula is C19H17N5O2S. The van der Waals surface area contributed by atoms with Gasteiger partial charge in [-0.3, -0.25) is 0 Å². The van der Waals surface area contributed by atoms with E-state index in [2.05, 4.69) is 15.4 Å². The molecule has 2 heterocycles. The molecule has 0 bridgehead atoms. The molecule has 0 amide bonds. The number of tetrazole rings is 1. The van der Waals surface area contributed by atoms with E-state index < -0.39 is 0 Å². The number of benzene rings is 2. The molecule has 4 aromatic rings. The Morgan fingerprint density at radius 1 is 1.07 bits per heavy atom. The van der Waals surface area contributed by atoms with Crippen LogP contribution < -0.4 is 10.4 Å². The molecule has 0 atom stereocenters. The molecule has 2 aromatic heterocycles. The summed E-state index contributed by atoms with van der Waals surface area (Å²) in [4.78, 5) is 17.6. The van der Waals surface area contributed by atoms with Gasteiger partial charge in [-0.05, 0) is 34.5 Å². The van der Waals surface area contributed by atoms with Crippen molar-refractivity contribution in [1.29, 1.82) is 0 Å². The van der Waals surface area contributed by atoms with Gasteiger partial charge < -0.3 is 4.74 Å². The molecule has 4 rings (SSSR count). The third-order valence-electron chi connectivity index (χ3n) is 4.22. The summed E-state index contributed by atoms with van der Waals surface area (Å²) >= 11 is 1.49. The van der Waals surface area contributed by atoms with Gasteiger partial charge in [0.15, 0.2) is 0 Å². The minimum Gasteiger partial charge on any atom is -0.465 e. The van der Waals surface area contributed by atoms with Crippen LogP contribution in [0.15, 0.2) is 59.5 Å². The lowest BCUT2D eigenvalue weighted by molar-refractivity contribution is 0.303. The highest BCUT2D eigenvalue weighted by Gasteiger charge is 2.14. The van der Waals surface area contributed by atoms with Crippen LogP contribution in [0.25, 0.3) is 16.1 Å². The van der Waals surface area contributed by atoms with Crippen molar-refractivity contribution in [2.75, 3.05) is 0 Å². The van der Waals surface area contributed by atoms with Gasteiger partial charge in [0.25, 0.3) is 5.19 Å². The summed E-state index contributed by atoms with van der Waals surface area (Å²) in [5.74, 6) is 0. The highest BCUT2D eigenvalue weighted by atomic mass is 32.1. The fourth-order valence-corrected chi connectivity index (χ4v) is 3.50. The molecule has 0 aliphatic carbocycles. The second-order valence-corrected chi connectivity index (χ2v) is 7.01. The predicted molar refractivity (Wildman–Crippen MR) is 103 cm³/mol. The van der Waals surface area contributed by atoms with E-state index in [1.807, 2.05) is 55.5 Å². The molecule has 27 heavy (non-hydrogen) atoms. The van der Waals surface area contributed by atoms with E-state index in [4.69, 9.17) is 4.74 Å². The van der Waals surface area contributed by atoms with Gasteiger partial charge in [-0.1, -0.05) is 53.8 Å². The van der Waals surface area contributed by atoms with Gasteiger partial charge in [0.2, 0.25) is 0 Å². The summed E-state index contributed by atoms with van der Waals surface area (Å²) in [6.07, 6.45) is 1.81. The molecule has 2 aromatic carbocycles. The highest BCUT2D eigenvalue weighted by Crippen LogP contribution is 2.31. The Kier molecular flexibility index (Phi) is 4.55. The summed E-state index contributed by atoms with van der Waals surface area (Å²) in [6, 6.07) is 15.7. The van der Waals surface area contributed by atoms with Crippen LogP contribution >= 0.6 is 11.3 Å². The number of nitrogens with zero attached hydrogens (tertiary/aromatic N) is 5. The summed E-state index contributed by atoms with van der Waals surface area (Å²) < 4.78 is 8.40. The fraction of sp³-hybridized carbons (Fsp3) is 0.158. The lowest BCUT2D eigenvalue weighted by Crippen LogP contribution is -2.23. The van der Waals surface area contributed by atoms with E-state index in [0.29, 0.717) is 10.9 Å². The van der Waals surface area contributed by atoms with E-state index in [0.717, 1.165) is 21.6 Å². The summed E-state index contributed by atoms with van der Waals surface area (Å²) in [7, 11) is 1.57. The molecule has 0 saturated carbocycles. The lowest BCUT2D eigenvalue weighted by atomic mass is 10.1. The van der Waals surface area contributed by atoms with Gasteiger partial charge in [0, 0.05) is 18.8 Å². The van der Waals surface area contributed by atoms with Crippen molar-refractivity contribution in [3.63, 3.8) is 0 Å². The van der Waals surface area contributed by atoms with Crippen LogP contribution in [0.2, 0.25) is 0 Å². The van der Waals surface area contributed by atoms with E-state index in [1.54, 1.807) is 13.2 Å². The van der Waals surface area contributed by atoms with Gasteiger partial charge in [0.05, 0.1) is 10.6 Å². The van der Waals surface area contributed by atoms with Crippen LogP contribution in [0.5, 0.6) is 5.19 Å². The first-order valence-corrected chi connectivity index (χ1v) is 9.17. The van der Waals surface area contributed by atoms with Crippen LogP contribution in [0.1, 0.15) is 11.1 Å². The maximum Gasteiger partial charge on any atom is 0.368 e. The summed E-state index contributed by atoms with van der Waals surface area (Å²) in [5.41, 5.74) is 3.34. The topological polar surface area (TPSA) is 74.8 Å². The summed E-state index contributed by atoms with van der Waals surface area (Å²) in [6.45, 7) is 2.26. The van der Waals surface area contributed by atoms with E-state index in [-0.39, 0.29) is 12.3 Å². The molecular weight excluding hydrogens is 362 g/mol. The first-order valence-electron chi connectivity index (χ1n) is 8.35. The molecule has 0 saturated heterocycles. The van der Waals surface area contributed by atoms with E-state index in [1.165, 1.54) is 20.7 Å². The van der Waals surface area contributed by atoms with Crippen molar-refractivity contribution in [2.45, 2.75) is 13.5 Å². The van der Waals surface area contributed by atoms with Gasteiger partial charge in [-0.25, -0.2) is 9.78 Å². The third-order valence-corrected chi connectivity index (χ3v) is 5.18. The zero-order chi connectivity index (χ0) is 18.8. The maximum atomic E-state index is 12.2. The minimum atomic E-state index is -0.303. The second-order valence-electron chi connectivity index (χ2n) is 6.01. The molecule has 0 aliphatic rings. The van der Waals surface area contributed by atoms with Crippen LogP contribution in [0.4, 0.5) is 0 Å². The van der Waals surface area contributed by atoms with Crippen molar-refractivity contribution >= 4 is 11.3 Å². The molecule has 0 radical (unpaired) electrons. The van der Waals surface area contributed by atoms with Crippen LogP contribution in [-0.4, -0.2) is 24.8 Å². The van der Waals surface area contributed by atoms with E-state index >= 15 is 0 Å². The number of hydrogen-bond donors (Lipinski definition) is 0. The van der Waals surface area contributed by atoms with Crippen molar-refractivity contribution in [2.24, 2.45) is 7.05 Å². The maximum absolute atomic E-state index is 12.2. The Hall–Kier alpha value is -3.26. The molecule has 136 valence electrons. The monoisotopic (exact) mass is 379 g/mol. The van der Waals surface area contributed by atoms with Crippen molar-refractivity contribution < 1.29 is 4.74 Å². The third kappa shape index (κ3) is 3.39. The normalized spacial score (nSPS) is 10.9. The average molecular weight is 379 g/mol. The van der Waals surface area contributed by atoms with Crippen molar-refractivity contribution in [1.82, 2.24) is 24.8 Å². The standard InChI is InChI=1S/C19H17N5O2S/c1-13-7-6-10-16(24-19(25)23(2)21-22-24)15(13)12-26-18-20-11-17(27-18)14-8-4-3-5-9-14/h3-11H,12H2,1-2H3.